The summed E-state index contributed by atoms with van der Waals surface area (Å²) < 4.78 is 13.3. The van der Waals surface area contributed by atoms with Crippen molar-refractivity contribution >= 4 is 11.8 Å². The fourth-order valence-corrected chi connectivity index (χ4v) is 4.31. The predicted octanol–water partition coefficient (Wildman–Crippen LogP) is 3.03. The number of carbonyl (C=O) groups is 2. The molecule has 1 atom stereocenters. The fraction of sp³-hybridized carbons (Fsp3) is 0.136. The third-order valence-electron chi connectivity index (χ3n) is 5.47. The third-order valence-corrected chi connectivity index (χ3v) is 5.47. The van der Waals surface area contributed by atoms with Crippen LogP contribution in [0.15, 0.2) is 72.9 Å². The van der Waals surface area contributed by atoms with Gasteiger partial charge in [-0.2, -0.15) is 0 Å². The second kappa shape index (κ2) is 5.99. The molecule has 0 aliphatic carbocycles. The smallest absolute Gasteiger partial charge is 0.256 e. The summed E-state index contributed by atoms with van der Waals surface area (Å²) in [5.74, 6) is -0.784. The largest absolute Gasteiger partial charge is 0.304 e. The number of halogens is 1. The molecular weight excluding hydrogens is 357 g/mol. The summed E-state index contributed by atoms with van der Waals surface area (Å²) in [5, 5.41) is 0. The Hall–Kier alpha value is -3.54. The highest BCUT2D eigenvalue weighted by Gasteiger charge is 2.60. The second-order valence-corrected chi connectivity index (χ2v) is 6.85. The maximum atomic E-state index is 13.4. The molecule has 1 aromatic heterocycles. The van der Waals surface area contributed by atoms with Crippen molar-refractivity contribution in [3.63, 3.8) is 0 Å². The van der Waals surface area contributed by atoms with Gasteiger partial charge in [0.1, 0.15) is 5.82 Å². The molecular formula is C22H16FN3O2. The van der Waals surface area contributed by atoms with Crippen molar-refractivity contribution in [2.75, 3.05) is 13.1 Å². The maximum Gasteiger partial charge on any atom is 0.256 e. The molecule has 0 saturated carbocycles. The predicted molar refractivity (Wildman–Crippen MR) is 99.9 cm³/mol. The van der Waals surface area contributed by atoms with Gasteiger partial charge in [-0.25, -0.2) is 4.39 Å². The molecule has 2 aromatic carbocycles. The van der Waals surface area contributed by atoms with E-state index in [9.17, 15) is 14.0 Å². The summed E-state index contributed by atoms with van der Waals surface area (Å²) in [5.41, 5.74) is 1.20. The fourth-order valence-electron chi connectivity index (χ4n) is 4.31. The van der Waals surface area contributed by atoms with Crippen LogP contribution in [0.3, 0.4) is 0 Å². The molecule has 2 aliphatic rings. The highest BCUT2D eigenvalue weighted by molar-refractivity contribution is 6.03. The Morgan fingerprint density at radius 3 is 2.46 bits per heavy atom. The first kappa shape index (κ1) is 16.6. The Balaban J connectivity index is 1.74. The number of hydrogen-bond acceptors (Lipinski definition) is 3. The Bertz CT molecular complexity index is 1080. The molecule has 1 unspecified atom stereocenters. The number of aromatic nitrogens is 1. The van der Waals surface area contributed by atoms with Crippen LogP contribution in [-0.2, 0) is 5.66 Å². The zero-order chi connectivity index (χ0) is 19.3. The zero-order valence-electron chi connectivity index (χ0n) is 14.9. The first-order valence-corrected chi connectivity index (χ1v) is 9.04. The molecule has 0 bridgehead atoms. The zero-order valence-corrected chi connectivity index (χ0v) is 14.9. The van der Waals surface area contributed by atoms with Crippen LogP contribution in [0.25, 0.3) is 0 Å². The number of benzene rings is 2. The molecule has 3 heterocycles. The second-order valence-electron chi connectivity index (χ2n) is 6.85. The number of hydrogen-bond donors (Lipinski definition) is 0. The lowest BCUT2D eigenvalue weighted by molar-refractivity contribution is 0.0360. The van der Waals surface area contributed by atoms with Crippen molar-refractivity contribution in [2.45, 2.75) is 5.66 Å². The molecule has 1 fully saturated rings. The Labute approximate surface area is 161 Å². The van der Waals surface area contributed by atoms with E-state index in [-0.39, 0.29) is 11.8 Å². The highest BCUT2D eigenvalue weighted by Crippen LogP contribution is 2.49. The topological polar surface area (TPSA) is 53.5 Å². The quantitative estimate of drug-likeness (QED) is 0.694. The maximum absolute atomic E-state index is 13.4. The number of rotatable bonds is 2. The van der Waals surface area contributed by atoms with Gasteiger partial charge in [-0.3, -0.25) is 14.6 Å². The van der Waals surface area contributed by atoms with Gasteiger partial charge < -0.3 is 9.80 Å². The van der Waals surface area contributed by atoms with Gasteiger partial charge in [-0.05, 0) is 42.5 Å². The van der Waals surface area contributed by atoms with Crippen molar-refractivity contribution in [1.82, 2.24) is 14.8 Å². The van der Waals surface area contributed by atoms with E-state index in [1.165, 1.54) is 24.3 Å². The third kappa shape index (κ3) is 2.08. The van der Waals surface area contributed by atoms with Crippen LogP contribution >= 0.6 is 0 Å². The van der Waals surface area contributed by atoms with Crippen LogP contribution in [0.5, 0.6) is 0 Å². The van der Waals surface area contributed by atoms with Gasteiger partial charge in [0.05, 0.1) is 5.69 Å². The standard InChI is InChI=1S/C22H16FN3O2/c23-16-10-8-15(9-11-16)20(27)25-13-14-26-21(28)17-5-1-2-6-18(17)22(25,26)19-7-3-4-12-24-19/h1-12H,13-14H2. The Morgan fingerprint density at radius 2 is 1.71 bits per heavy atom. The lowest BCUT2D eigenvalue weighted by Crippen LogP contribution is -2.52. The summed E-state index contributed by atoms with van der Waals surface area (Å²) in [6.45, 7) is 0.768. The normalized spacial score (nSPS) is 20.2. The molecule has 5 rings (SSSR count). The first-order chi connectivity index (χ1) is 13.6. The van der Waals surface area contributed by atoms with Gasteiger partial charge in [0.25, 0.3) is 11.8 Å². The van der Waals surface area contributed by atoms with Crippen LogP contribution in [0.2, 0.25) is 0 Å². The van der Waals surface area contributed by atoms with Crippen molar-refractivity contribution < 1.29 is 14.0 Å². The number of nitrogens with zero attached hydrogens (tertiary/aromatic N) is 3. The van der Waals surface area contributed by atoms with Gasteiger partial charge in [-0.15, -0.1) is 0 Å². The molecule has 1 saturated heterocycles. The van der Waals surface area contributed by atoms with E-state index in [1.54, 1.807) is 28.1 Å². The van der Waals surface area contributed by atoms with Gasteiger partial charge in [0.15, 0.2) is 5.66 Å². The van der Waals surface area contributed by atoms with Crippen molar-refractivity contribution in [3.8, 4) is 0 Å². The average molecular weight is 373 g/mol. The van der Waals surface area contributed by atoms with Crippen LogP contribution in [0, 0.1) is 5.82 Å². The SMILES string of the molecule is O=C(c1ccc(F)cc1)N1CCN2C(=O)c3ccccc3C12c1ccccn1. The Kier molecular flexibility index (Phi) is 3.55. The lowest BCUT2D eigenvalue weighted by atomic mass is 9.93. The summed E-state index contributed by atoms with van der Waals surface area (Å²) in [4.78, 5) is 34.5. The highest BCUT2D eigenvalue weighted by atomic mass is 19.1. The van der Waals surface area contributed by atoms with E-state index in [0.29, 0.717) is 29.9 Å². The number of amides is 2. The van der Waals surface area contributed by atoms with Gasteiger partial charge >= 0.3 is 0 Å². The summed E-state index contributed by atoms with van der Waals surface area (Å²) in [6, 6.07) is 18.3. The minimum atomic E-state index is -1.10. The average Bonchev–Trinajstić information content (AvgIpc) is 3.25. The lowest BCUT2D eigenvalue weighted by Gasteiger charge is -2.39. The minimum absolute atomic E-state index is 0.115. The van der Waals surface area contributed by atoms with Crippen LogP contribution < -0.4 is 0 Å². The van der Waals surface area contributed by atoms with Crippen LogP contribution in [0.1, 0.15) is 32.0 Å². The molecule has 0 N–H and O–H groups in total. The van der Waals surface area contributed by atoms with Gasteiger partial charge in [0, 0.05) is 36.0 Å². The first-order valence-electron chi connectivity index (χ1n) is 9.04. The minimum Gasteiger partial charge on any atom is -0.304 e. The van der Waals surface area contributed by atoms with Gasteiger partial charge in [0.2, 0.25) is 0 Å². The summed E-state index contributed by atoms with van der Waals surface area (Å²) in [7, 11) is 0. The molecule has 6 heteroatoms. The molecule has 5 nitrogen and oxygen atoms in total. The summed E-state index contributed by atoms with van der Waals surface area (Å²) in [6.07, 6.45) is 1.66. The van der Waals surface area contributed by atoms with E-state index >= 15 is 0 Å². The van der Waals surface area contributed by atoms with E-state index in [4.69, 9.17) is 0 Å². The van der Waals surface area contributed by atoms with E-state index < -0.39 is 11.5 Å². The monoisotopic (exact) mass is 373 g/mol. The van der Waals surface area contributed by atoms with E-state index in [1.807, 2.05) is 30.3 Å². The number of carbonyl (C=O) groups excluding carboxylic acids is 2. The summed E-state index contributed by atoms with van der Waals surface area (Å²) >= 11 is 0. The molecule has 0 radical (unpaired) electrons. The van der Waals surface area contributed by atoms with Crippen molar-refractivity contribution in [2.24, 2.45) is 0 Å². The van der Waals surface area contributed by atoms with E-state index in [0.717, 1.165) is 5.56 Å². The van der Waals surface area contributed by atoms with Crippen LogP contribution in [0.4, 0.5) is 4.39 Å². The van der Waals surface area contributed by atoms with Crippen LogP contribution in [-0.4, -0.2) is 39.7 Å². The van der Waals surface area contributed by atoms with Crippen molar-refractivity contribution in [3.05, 3.63) is 101 Å². The molecule has 28 heavy (non-hydrogen) atoms. The number of pyridine rings is 1. The van der Waals surface area contributed by atoms with Gasteiger partial charge in [-0.1, -0.05) is 24.3 Å². The molecule has 0 spiro atoms. The molecule has 3 aromatic rings. The molecule has 2 amide bonds. The van der Waals surface area contributed by atoms with E-state index in [2.05, 4.69) is 4.98 Å². The molecule has 2 aliphatic heterocycles. The Morgan fingerprint density at radius 1 is 0.964 bits per heavy atom. The molecule has 138 valence electrons. The number of fused-ring (bicyclic) bond motifs is 3. The van der Waals surface area contributed by atoms with Crippen molar-refractivity contribution in [1.29, 1.82) is 0 Å².